The Morgan fingerprint density at radius 1 is 1.08 bits per heavy atom. The van der Waals surface area contributed by atoms with Crippen molar-refractivity contribution >= 4 is 17.8 Å². The number of ether oxygens (including phenoxy) is 2. The number of allylic oxidation sites excluding steroid dienone is 1. The lowest BCUT2D eigenvalue weighted by atomic mass is 10.0. The van der Waals surface area contributed by atoms with E-state index >= 15 is 0 Å². The van der Waals surface area contributed by atoms with Gasteiger partial charge in [-0.05, 0) is 73.0 Å². The fourth-order valence-corrected chi connectivity index (χ4v) is 2.27. The lowest BCUT2D eigenvalue weighted by Gasteiger charge is -2.05. The molecule has 130 valence electrons. The molecule has 0 aliphatic heterocycles. The average Bonchev–Trinajstić information content (AvgIpc) is 2.62. The molecule has 0 saturated heterocycles. The molecule has 25 heavy (non-hydrogen) atoms. The third-order valence-corrected chi connectivity index (χ3v) is 3.66. The van der Waals surface area contributed by atoms with Crippen LogP contribution in [0.3, 0.4) is 0 Å². The Morgan fingerprint density at radius 3 is 2.24 bits per heavy atom. The van der Waals surface area contributed by atoms with Crippen LogP contribution in [0.15, 0.2) is 42.5 Å². The van der Waals surface area contributed by atoms with Gasteiger partial charge < -0.3 is 14.6 Å². The van der Waals surface area contributed by atoms with Crippen LogP contribution in [0.25, 0.3) is 6.08 Å². The van der Waals surface area contributed by atoms with Gasteiger partial charge in [0.1, 0.15) is 11.5 Å². The van der Waals surface area contributed by atoms with E-state index < -0.39 is 5.97 Å². The Morgan fingerprint density at radius 2 is 1.68 bits per heavy atom. The van der Waals surface area contributed by atoms with E-state index in [1.165, 1.54) is 13.2 Å². The van der Waals surface area contributed by atoms with Gasteiger partial charge in [-0.25, -0.2) is 4.79 Å². The molecule has 0 aliphatic carbocycles. The normalized spacial score (nSPS) is 10.7. The first-order valence-electron chi connectivity index (χ1n) is 7.73. The topological polar surface area (TPSA) is 72.8 Å². The molecule has 2 aromatic carbocycles. The SMILES string of the molecule is COC(=O)COc1ccc(C(=O)/C=C/c2cc(C)c(O)c(C)c2)cc1. The summed E-state index contributed by atoms with van der Waals surface area (Å²) in [5, 5.41) is 9.77. The van der Waals surface area contributed by atoms with Crippen molar-refractivity contribution in [1.82, 2.24) is 0 Å². The summed E-state index contributed by atoms with van der Waals surface area (Å²) in [6.07, 6.45) is 3.19. The Kier molecular flexibility index (Phi) is 5.95. The van der Waals surface area contributed by atoms with Crippen LogP contribution in [-0.2, 0) is 9.53 Å². The van der Waals surface area contributed by atoms with E-state index in [1.807, 2.05) is 26.0 Å². The minimum atomic E-state index is -0.470. The van der Waals surface area contributed by atoms with Gasteiger partial charge in [-0.3, -0.25) is 4.79 Å². The maximum Gasteiger partial charge on any atom is 0.343 e. The highest BCUT2D eigenvalue weighted by atomic mass is 16.6. The van der Waals surface area contributed by atoms with Crippen molar-refractivity contribution < 1.29 is 24.2 Å². The van der Waals surface area contributed by atoms with E-state index in [0.29, 0.717) is 11.3 Å². The second-order valence-corrected chi connectivity index (χ2v) is 5.59. The van der Waals surface area contributed by atoms with Gasteiger partial charge in [0, 0.05) is 5.56 Å². The van der Waals surface area contributed by atoms with Crippen LogP contribution in [0, 0.1) is 13.8 Å². The lowest BCUT2D eigenvalue weighted by Crippen LogP contribution is -2.12. The highest BCUT2D eigenvalue weighted by Crippen LogP contribution is 2.23. The number of esters is 1. The molecule has 2 rings (SSSR count). The van der Waals surface area contributed by atoms with Crippen LogP contribution in [0.5, 0.6) is 11.5 Å². The molecule has 0 spiro atoms. The molecule has 0 aromatic heterocycles. The number of ketones is 1. The van der Waals surface area contributed by atoms with Crippen molar-refractivity contribution in [3.8, 4) is 11.5 Å². The number of aromatic hydroxyl groups is 1. The molecule has 5 nitrogen and oxygen atoms in total. The first-order chi connectivity index (χ1) is 11.9. The van der Waals surface area contributed by atoms with Crippen LogP contribution in [-0.4, -0.2) is 30.6 Å². The molecule has 0 bridgehead atoms. The molecule has 0 radical (unpaired) electrons. The number of methoxy groups -OCH3 is 1. The number of aryl methyl sites for hydroxylation is 2. The van der Waals surface area contributed by atoms with Gasteiger partial charge in [0.25, 0.3) is 0 Å². The zero-order chi connectivity index (χ0) is 18.4. The molecule has 0 unspecified atom stereocenters. The summed E-state index contributed by atoms with van der Waals surface area (Å²) in [5.41, 5.74) is 2.88. The summed E-state index contributed by atoms with van der Waals surface area (Å²) in [4.78, 5) is 23.3. The van der Waals surface area contributed by atoms with E-state index in [0.717, 1.165) is 16.7 Å². The predicted molar refractivity (Wildman–Crippen MR) is 94.9 cm³/mol. The summed E-state index contributed by atoms with van der Waals surface area (Å²) >= 11 is 0. The highest BCUT2D eigenvalue weighted by molar-refractivity contribution is 6.06. The third kappa shape index (κ3) is 4.94. The molecule has 0 amide bonds. The van der Waals surface area contributed by atoms with Crippen molar-refractivity contribution in [2.24, 2.45) is 0 Å². The first kappa shape index (κ1) is 18.3. The van der Waals surface area contributed by atoms with Crippen molar-refractivity contribution in [3.05, 3.63) is 64.7 Å². The molecule has 0 aliphatic rings. The van der Waals surface area contributed by atoms with E-state index in [2.05, 4.69) is 4.74 Å². The van der Waals surface area contributed by atoms with Crippen molar-refractivity contribution in [3.63, 3.8) is 0 Å². The van der Waals surface area contributed by atoms with Crippen LogP contribution >= 0.6 is 0 Å². The maximum atomic E-state index is 12.2. The molecule has 1 N–H and O–H groups in total. The number of phenolic OH excluding ortho intramolecular Hbond substituents is 1. The number of phenols is 1. The molecule has 0 saturated carbocycles. The molecule has 0 atom stereocenters. The number of hydrogen-bond donors (Lipinski definition) is 1. The Balaban J connectivity index is 2.04. The molecular formula is C20H20O5. The highest BCUT2D eigenvalue weighted by Gasteiger charge is 2.06. The van der Waals surface area contributed by atoms with Gasteiger partial charge in [0.2, 0.25) is 0 Å². The van der Waals surface area contributed by atoms with E-state index in [1.54, 1.807) is 30.3 Å². The molecule has 0 heterocycles. The lowest BCUT2D eigenvalue weighted by molar-refractivity contribution is -0.142. The zero-order valence-electron chi connectivity index (χ0n) is 14.4. The standard InChI is InChI=1S/C20H20O5/c1-13-10-15(11-14(2)20(13)23)4-9-18(21)16-5-7-17(8-6-16)25-12-19(22)24-3/h4-11,23H,12H2,1-3H3/b9-4+. The van der Waals surface area contributed by atoms with Crippen LogP contribution in [0.2, 0.25) is 0 Å². The smallest absolute Gasteiger partial charge is 0.343 e. The Hall–Kier alpha value is -3.08. The van der Waals surface area contributed by atoms with Crippen molar-refractivity contribution in [2.75, 3.05) is 13.7 Å². The monoisotopic (exact) mass is 340 g/mol. The number of hydrogen-bond acceptors (Lipinski definition) is 5. The number of carbonyl (C=O) groups excluding carboxylic acids is 2. The van der Waals surface area contributed by atoms with Crippen molar-refractivity contribution in [1.29, 1.82) is 0 Å². The quantitative estimate of drug-likeness (QED) is 0.495. The Bertz CT molecular complexity index is 780. The van der Waals surface area contributed by atoms with Crippen LogP contribution in [0.1, 0.15) is 27.0 Å². The first-order valence-corrected chi connectivity index (χ1v) is 7.73. The molecular weight excluding hydrogens is 320 g/mol. The number of carbonyl (C=O) groups is 2. The van der Waals surface area contributed by atoms with Crippen LogP contribution < -0.4 is 4.74 Å². The van der Waals surface area contributed by atoms with Gasteiger partial charge in [0.15, 0.2) is 12.4 Å². The number of benzene rings is 2. The van der Waals surface area contributed by atoms with E-state index in [9.17, 15) is 14.7 Å². The second-order valence-electron chi connectivity index (χ2n) is 5.59. The fraction of sp³-hybridized carbons (Fsp3) is 0.200. The average molecular weight is 340 g/mol. The maximum absolute atomic E-state index is 12.2. The van der Waals surface area contributed by atoms with E-state index in [4.69, 9.17) is 4.74 Å². The predicted octanol–water partition coefficient (Wildman–Crippen LogP) is 3.46. The molecule has 0 fully saturated rings. The minimum Gasteiger partial charge on any atom is -0.507 e. The number of rotatable bonds is 6. The third-order valence-electron chi connectivity index (χ3n) is 3.66. The minimum absolute atomic E-state index is 0.150. The second kappa shape index (κ2) is 8.15. The van der Waals surface area contributed by atoms with Gasteiger partial charge in [-0.15, -0.1) is 0 Å². The van der Waals surface area contributed by atoms with Gasteiger partial charge in [0.05, 0.1) is 7.11 Å². The summed E-state index contributed by atoms with van der Waals surface area (Å²) in [7, 11) is 1.29. The fourth-order valence-electron chi connectivity index (χ4n) is 2.27. The van der Waals surface area contributed by atoms with E-state index in [-0.39, 0.29) is 18.1 Å². The van der Waals surface area contributed by atoms with Crippen LogP contribution in [0.4, 0.5) is 0 Å². The Labute approximate surface area is 146 Å². The molecule has 5 heteroatoms. The van der Waals surface area contributed by atoms with Gasteiger partial charge >= 0.3 is 5.97 Å². The molecule has 2 aromatic rings. The summed E-state index contributed by atoms with van der Waals surface area (Å²) in [6, 6.07) is 10.1. The largest absolute Gasteiger partial charge is 0.507 e. The summed E-state index contributed by atoms with van der Waals surface area (Å²) < 4.78 is 9.72. The van der Waals surface area contributed by atoms with Crippen molar-refractivity contribution in [2.45, 2.75) is 13.8 Å². The summed E-state index contributed by atoms with van der Waals surface area (Å²) in [6.45, 7) is 3.45. The zero-order valence-corrected chi connectivity index (χ0v) is 14.4. The summed E-state index contributed by atoms with van der Waals surface area (Å²) in [5.74, 6) is 0.132. The van der Waals surface area contributed by atoms with Gasteiger partial charge in [-0.2, -0.15) is 0 Å². The van der Waals surface area contributed by atoms with Gasteiger partial charge in [-0.1, -0.05) is 6.08 Å².